The van der Waals surface area contributed by atoms with E-state index in [4.69, 9.17) is 5.11 Å². The average Bonchev–Trinajstić information content (AvgIpc) is 2.28. The molecule has 0 amide bonds. The van der Waals surface area contributed by atoms with E-state index in [0.717, 1.165) is 44.8 Å². The van der Waals surface area contributed by atoms with Gasteiger partial charge in [0, 0.05) is 19.7 Å². The van der Waals surface area contributed by atoms with Crippen molar-refractivity contribution in [2.24, 2.45) is 11.8 Å². The van der Waals surface area contributed by atoms with E-state index in [1.54, 1.807) is 0 Å². The molecule has 2 N–H and O–H groups in total. The molecular formula is C13H27NO2. The van der Waals surface area contributed by atoms with Gasteiger partial charge in [-0.05, 0) is 44.1 Å². The molecule has 1 aliphatic carbocycles. The Labute approximate surface area is 99.5 Å². The Morgan fingerprint density at radius 3 is 2.69 bits per heavy atom. The summed E-state index contributed by atoms with van der Waals surface area (Å²) in [5.74, 6) is 1.19. The van der Waals surface area contributed by atoms with E-state index < -0.39 is 0 Å². The van der Waals surface area contributed by atoms with Crippen molar-refractivity contribution in [1.82, 2.24) is 4.90 Å². The fraction of sp³-hybridized carbons (Fsp3) is 1.00. The molecule has 0 bridgehead atoms. The lowest BCUT2D eigenvalue weighted by Gasteiger charge is -2.35. The predicted molar refractivity (Wildman–Crippen MR) is 66.3 cm³/mol. The van der Waals surface area contributed by atoms with Gasteiger partial charge in [0.15, 0.2) is 0 Å². The standard InChI is InChI=1S/C13H27NO2/c1-3-14(7-4-8-15)10-12-9-11(2)5-6-13(12)16/h11-13,15-16H,3-10H2,1-2H3. The molecule has 0 aromatic heterocycles. The number of nitrogens with zero attached hydrogens (tertiary/aromatic N) is 1. The number of hydrogen-bond acceptors (Lipinski definition) is 3. The Morgan fingerprint density at radius 1 is 1.31 bits per heavy atom. The largest absolute Gasteiger partial charge is 0.396 e. The number of rotatable bonds is 6. The topological polar surface area (TPSA) is 43.7 Å². The number of aliphatic hydroxyl groups excluding tert-OH is 2. The van der Waals surface area contributed by atoms with Gasteiger partial charge in [-0.15, -0.1) is 0 Å². The average molecular weight is 229 g/mol. The molecule has 1 fully saturated rings. The summed E-state index contributed by atoms with van der Waals surface area (Å²) in [6.45, 7) is 7.64. The summed E-state index contributed by atoms with van der Waals surface area (Å²) in [4.78, 5) is 2.35. The first kappa shape index (κ1) is 13.9. The van der Waals surface area contributed by atoms with Crippen LogP contribution in [0.4, 0.5) is 0 Å². The highest BCUT2D eigenvalue weighted by Gasteiger charge is 2.28. The van der Waals surface area contributed by atoms with Crippen molar-refractivity contribution in [3.05, 3.63) is 0 Å². The zero-order chi connectivity index (χ0) is 12.0. The molecule has 0 aromatic rings. The van der Waals surface area contributed by atoms with E-state index in [-0.39, 0.29) is 12.7 Å². The van der Waals surface area contributed by atoms with E-state index >= 15 is 0 Å². The van der Waals surface area contributed by atoms with Crippen molar-refractivity contribution in [3.8, 4) is 0 Å². The molecular weight excluding hydrogens is 202 g/mol. The summed E-state index contributed by atoms with van der Waals surface area (Å²) < 4.78 is 0. The minimum atomic E-state index is -0.112. The Bertz CT molecular complexity index is 187. The zero-order valence-corrected chi connectivity index (χ0v) is 10.7. The van der Waals surface area contributed by atoms with Crippen molar-refractivity contribution >= 4 is 0 Å². The molecule has 16 heavy (non-hydrogen) atoms. The lowest BCUT2D eigenvalue weighted by Crippen LogP contribution is -2.39. The molecule has 0 saturated heterocycles. The van der Waals surface area contributed by atoms with E-state index in [2.05, 4.69) is 18.7 Å². The fourth-order valence-corrected chi connectivity index (χ4v) is 2.68. The van der Waals surface area contributed by atoms with Crippen LogP contribution in [-0.4, -0.2) is 47.5 Å². The maximum atomic E-state index is 9.98. The number of hydrogen-bond donors (Lipinski definition) is 2. The van der Waals surface area contributed by atoms with Gasteiger partial charge in [-0.1, -0.05) is 13.8 Å². The van der Waals surface area contributed by atoms with Crippen molar-refractivity contribution in [2.75, 3.05) is 26.2 Å². The Morgan fingerprint density at radius 2 is 2.06 bits per heavy atom. The zero-order valence-electron chi connectivity index (χ0n) is 10.7. The van der Waals surface area contributed by atoms with Gasteiger partial charge in [-0.3, -0.25) is 0 Å². The van der Waals surface area contributed by atoms with Gasteiger partial charge in [-0.25, -0.2) is 0 Å². The summed E-state index contributed by atoms with van der Waals surface area (Å²) >= 11 is 0. The molecule has 0 spiro atoms. The first-order chi connectivity index (χ1) is 7.67. The van der Waals surface area contributed by atoms with Crippen LogP contribution in [0.2, 0.25) is 0 Å². The number of aliphatic hydroxyl groups is 2. The van der Waals surface area contributed by atoms with E-state index in [9.17, 15) is 5.11 Å². The molecule has 3 atom stereocenters. The summed E-state index contributed by atoms with van der Waals surface area (Å²) in [5.41, 5.74) is 0. The van der Waals surface area contributed by atoms with Crippen LogP contribution in [0.5, 0.6) is 0 Å². The van der Waals surface area contributed by atoms with Crippen molar-refractivity contribution in [2.45, 2.75) is 45.6 Å². The van der Waals surface area contributed by atoms with E-state index in [1.807, 2.05) is 0 Å². The lowest BCUT2D eigenvalue weighted by molar-refractivity contribution is 0.0305. The van der Waals surface area contributed by atoms with E-state index in [1.165, 1.54) is 6.42 Å². The van der Waals surface area contributed by atoms with Crippen LogP contribution in [0.1, 0.15) is 39.5 Å². The highest BCUT2D eigenvalue weighted by Crippen LogP contribution is 2.29. The summed E-state index contributed by atoms with van der Waals surface area (Å²) in [7, 11) is 0. The molecule has 1 aliphatic rings. The quantitative estimate of drug-likeness (QED) is 0.725. The third-order valence-corrected chi connectivity index (χ3v) is 3.78. The normalized spacial score (nSPS) is 30.9. The van der Waals surface area contributed by atoms with Gasteiger partial charge < -0.3 is 15.1 Å². The third kappa shape index (κ3) is 4.40. The van der Waals surface area contributed by atoms with Crippen LogP contribution >= 0.6 is 0 Å². The molecule has 0 heterocycles. The third-order valence-electron chi connectivity index (χ3n) is 3.78. The molecule has 96 valence electrons. The molecule has 3 nitrogen and oxygen atoms in total. The van der Waals surface area contributed by atoms with Gasteiger partial charge in [-0.2, -0.15) is 0 Å². The van der Waals surface area contributed by atoms with Crippen LogP contribution in [0.25, 0.3) is 0 Å². The van der Waals surface area contributed by atoms with Gasteiger partial charge in [0.25, 0.3) is 0 Å². The smallest absolute Gasteiger partial charge is 0.0580 e. The first-order valence-corrected chi connectivity index (χ1v) is 6.68. The summed E-state index contributed by atoms with van der Waals surface area (Å²) in [6.07, 6.45) is 4.01. The summed E-state index contributed by atoms with van der Waals surface area (Å²) in [5, 5.41) is 18.8. The molecule has 1 saturated carbocycles. The molecule has 3 heteroatoms. The minimum Gasteiger partial charge on any atom is -0.396 e. The maximum absolute atomic E-state index is 9.98. The van der Waals surface area contributed by atoms with Crippen LogP contribution in [0.3, 0.4) is 0 Å². The van der Waals surface area contributed by atoms with Crippen LogP contribution in [-0.2, 0) is 0 Å². The SMILES string of the molecule is CCN(CCCO)CC1CC(C)CCC1O. The minimum absolute atomic E-state index is 0.112. The second-order valence-electron chi connectivity index (χ2n) is 5.22. The fourth-order valence-electron chi connectivity index (χ4n) is 2.68. The molecule has 1 rings (SSSR count). The van der Waals surface area contributed by atoms with Crippen molar-refractivity contribution in [3.63, 3.8) is 0 Å². The Hall–Kier alpha value is -0.120. The van der Waals surface area contributed by atoms with Crippen LogP contribution in [0.15, 0.2) is 0 Å². The highest BCUT2D eigenvalue weighted by atomic mass is 16.3. The molecule has 0 aromatic carbocycles. The Balaban J connectivity index is 2.36. The van der Waals surface area contributed by atoms with Gasteiger partial charge in [0.2, 0.25) is 0 Å². The van der Waals surface area contributed by atoms with Crippen LogP contribution in [0, 0.1) is 11.8 Å². The second-order valence-corrected chi connectivity index (χ2v) is 5.22. The summed E-state index contributed by atoms with van der Waals surface area (Å²) in [6, 6.07) is 0. The predicted octanol–water partition coefficient (Wildman–Crippen LogP) is 1.49. The molecule has 0 radical (unpaired) electrons. The maximum Gasteiger partial charge on any atom is 0.0580 e. The van der Waals surface area contributed by atoms with Crippen molar-refractivity contribution < 1.29 is 10.2 Å². The van der Waals surface area contributed by atoms with Gasteiger partial charge >= 0.3 is 0 Å². The molecule has 0 aliphatic heterocycles. The second kappa shape index (κ2) is 7.25. The molecule has 3 unspecified atom stereocenters. The first-order valence-electron chi connectivity index (χ1n) is 6.68. The van der Waals surface area contributed by atoms with Gasteiger partial charge in [0.1, 0.15) is 0 Å². The van der Waals surface area contributed by atoms with Crippen molar-refractivity contribution in [1.29, 1.82) is 0 Å². The van der Waals surface area contributed by atoms with Crippen LogP contribution < -0.4 is 0 Å². The Kier molecular flexibility index (Phi) is 6.32. The van der Waals surface area contributed by atoms with E-state index in [0.29, 0.717) is 5.92 Å². The van der Waals surface area contributed by atoms with Gasteiger partial charge in [0.05, 0.1) is 6.10 Å². The highest BCUT2D eigenvalue weighted by molar-refractivity contribution is 4.80. The lowest BCUT2D eigenvalue weighted by atomic mass is 9.80. The monoisotopic (exact) mass is 229 g/mol.